The van der Waals surface area contributed by atoms with Gasteiger partial charge >= 0.3 is 0 Å². The maximum absolute atomic E-state index is 12.4. The lowest BCUT2D eigenvalue weighted by atomic mass is 10.0. The number of aromatic nitrogens is 2. The number of ether oxygens (including phenoxy) is 1. The molecule has 3 rings (SSSR count). The highest BCUT2D eigenvalue weighted by molar-refractivity contribution is 7.15. The molecule has 2 amide bonds. The molecule has 0 saturated heterocycles. The van der Waals surface area contributed by atoms with Gasteiger partial charge in [0.05, 0.1) is 5.69 Å². The number of fused-ring (bicyclic) bond motifs is 1. The lowest BCUT2D eigenvalue weighted by molar-refractivity contribution is -0.143. The van der Waals surface area contributed by atoms with Crippen LogP contribution in [0, 0.1) is 0 Å². The average Bonchev–Trinajstić information content (AvgIpc) is 2.96. The van der Waals surface area contributed by atoms with E-state index >= 15 is 0 Å². The van der Waals surface area contributed by atoms with Crippen LogP contribution in [0.25, 0.3) is 0 Å². The molecule has 0 bridgehead atoms. The van der Waals surface area contributed by atoms with Crippen LogP contribution in [0.5, 0.6) is 5.75 Å². The first-order chi connectivity index (χ1) is 10.5. The fourth-order valence-corrected chi connectivity index (χ4v) is 2.65. The normalized spacial score (nSPS) is 19.8. The summed E-state index contributed by atoms with van der Waals surface area (Å²) in [4.78, 5) is 24.7. The lowest BCUT2D eigenvalue weighted by Gasteiger charge is -2.32. The van der Waals surface area contributed by atoms with E-state index in [1.165, 1.54) is 18.3 Å². The molecule has 8 heteroatoms. The lowest BCUT2D eigenvalue weighted by Crippen LogP contribution is -2.56. The molecule has 1 aromatic heterocycles. The van der Waals surface area contributed by atoms with Crippen molar-refractivity contribution < 1.29 is 14.3 Å². The van der Waals surface area contributed by atoms with Crippen LogP contribution in [0.15, 0.2) is 24.3 Å². The van der Waals surface area contributed by atoms with Gasteiger partial charge in [-0.1, -0.05) is 30.4 Å². The van der Waals surface area contributed by atoms with E-state index in [1.54, 1.807) is 24.3 Å². The zero-order valence-corrected chi connectivity index (χ0v) is 12.9. The number of aryl methyl sites for hydroxylation is 1. The number of rotatable bonds is 3. The Hall–Kier alpha value is -2.48. The van der Waals surface area contributed by atoms with Gasteiger partial charge in [-0.15, -0.1) is 10.2 Å². The number of nitrogens with zero attached hydrogens (tertiary/aromatic N) is 2. The first kappa shape index (κ1) is 14.5. The first-order valence-corrected chi connectivity index (χ1v) is 7.58. The fraction of sp³-hybridized carbons (Fsp3) is 0.286. The number of benzene rings is 1. The van der Waals surface area contributed by atoms with Gasteiger partial charge in [0.15, 0.2) is 0 Å². The second-order valence-corrected chi connectivity index (χ2v) is 5.96. The Bertz CT molecular complexity index is 745. The molecule has 22 heavy (non-hydrogen) atoms. The monoisotopic (exact) mass is 318 g/mol. The molecule has 0 radical (unpaired) electrons. The van der Waals surface area contributed by atoms with Crippen molar-refractivity contribution in [2.24, 2.45) is 0 Å². The number of nitrogens with one attached hydrogen (secondary N) is 2. The second kappa shape index (κ2) is 5.38. The Morgan fingerprint density at radius 1 is 1.41 bits per heavy atom. The smallest absolute Gasteiger partial charge is 0.280 e. The highest BCUT2D eigenvalue weighted by Gasteiger charge is 2.47. The SMILES string of the molecule is CCc1nnc(NC(=O)C2(C)Oc3ccccc3NC2=O)s1. The van der Waals surface area contributed by atoms with Crippen LogP contribution in [0.2, 0.25) is 0 Å². The molecule has 7 nitrogen and oxygen atoms in total. The maximum atomic E-state index is 12.4. The van der Waals surface area contributed by atoms with Crippen LogP contribution in [-0.4, -0.2) is 27.6 Å². The van der Waals surface area contributed by atoms with Crippen LogP contribution in [-0.2, 0) is 16.0 Å². The van der Waals surface area contributed by atoms with E-state index in [1.807, 2.05) is 6.92 Å². The van der Waals surface area contributed by atoms with Gasteiger partial charge in [-0.05, 0) is 25.5 Å². The van der Waals surface area contributed by atoms with E-state index in [2.05, 4.69) is 20.8 Å². The van der Waals surface area contributed by atoms with Crippen molar-refractivity contribution in [2.45, 2.75) is 25.9 Å². The predicted octanol–water partition coefficient (Wildman–Crippen LogP) is 1.83. The third-order valence-electron chi connectivity index (χ3n) is 3.31. The summed E-state index contributed by atoms with van der Waals surface area (Å²) in [5.41, 5.74) is -1.12. The molecule has 0 aliphatic carbocycles. The molecule has 114 valence electrons. The molecule has 0 fully saturated rings. The number of carbonyl (C=O) groups excluding carboxylic acids is 2. The third-order valence-corrected chi connectivity index (χ3v) is 4.29. The van der Waals surface area contributed by atoms with Crippen LogP contribution >= 0.6 is 11.3 Å². The summed E-state index contributed by atoms with van der Waals surface area (Å²) in [6.07, 6.45) is 0.731. The molecule has 1 atom stereocenters. The van der Waals surface area contributed by atoms with Crippen LogP contribution in [0.3, 0.4) is 0 Å². The first-order valence-electron chi connectivity index (χ1n) is 6.76. The molecular formula is C14H14N4O3S. The summed E-state index contributed by atoms with van der Waals surface area (Å²) >= 11 is 1.27. The maximum Gasteiger partial charge on any atom is 0.280 e. The van der Waals surface area contributed by atoms with Gasteiger partial charge in [-0.2, -0.15) is 0 Å². The van der Waals surface area contributed by atoms with E-state index in [9.17, 15) is 9.59 Å². The number of para-hydroxylation sites is 2. The molecule has 2 N–H and O–H groups in total. The fourth-order valence-electron chi connectivity index (χ4n) is 1.98. The molecule has 0 saturated carbocycles. The van der Waals surface area contributed by atoms with Crippen molar-refractivity contribution >= 4 is 34.0 Å². The van der Waals surface area contributed by atoms with Crippen molar-refractivity contribution in [3.63, 3.8) is 0 Å². The van der Waals surface area contributed by atoms with Crippen molar-refractivity contribution in [3.05, 3.63) is 29.3 Å². The largest absolute Gasteiger partial charge is 0.466 e. The van der Waals surface area contributed by atoms with Gasteiger partial charge in [0.25, 0.3) is 17.4 Å². The van der Waals surface area contributed by atoms with E-state index in [4.69, 9.17) is 4.74 Å². The number of carbonyl (C=O) groups is 2. The molecule has 0 spiro atoms. The Balaban J connectivity index is 1.83. The van der Waals surface area contributed by atoms with Gasteiger partial charge in [0, 0.05) is 0 Å². The quantitative estimate of drug-likeness (QED) is 0.842. The molecule has 1 aromatic carbocycles. The summed E-state index contributed by atoms with van der Waals surface area (Å²) in [6, 6.07) is 6.95. The van der Waals surface area contributed by atoms with Crippen molar-refractivity contribution in [2.75, 3.05) is 10.6 Å². The Morgan fingerprint density at radius 2 is 2.18 bits per heavy atom. The topological polar surface area (TPSA) is 93.2 Å². The van der Waals surface area contributed by atoms with Gasteiger partial charge in [0.2, 0.25) is 5.13 Å². The summed E-state index contributed by atoms with van der Waals surface area (Å²) in [5, 5.41) is 14.2. The minimum absolute atomic E-state index is 0.346. The van der Waals surface area contributed by atoms with Crippen molar-refractivity contribution in [3.8, 4) is 5.75 Å². The van der Waals surface area contributed by atoms with Crippen LogP contribution < -0.4 is 15.4 Å². The molecule has 1 aliphatic heterocycles. The van der Waals surface area contributed by atoms with Crippen molar-refractivity contribution in [1.82, 2.24) is 10.2 Å². The van der Waals surface area contributed by atoms with Crippen LogP contribution in [0.4, 0.5) is 10.8 Å². The van der Waals surface area contributed by atoms with Gasteiger partial charge < -0.3 is 10.1 Å². The minimum Gasteiger partial charge on any atom is -0.466 e. The summed E-state index contributed by atoms with van der Waals surface area (Å²) in [6.45, 7) is 3.37. The molecule has 1 aliphatic rings. The third kappa shape index (κ3) is 2.41. The van der Waals surface area contributed by atoms with E-state index in [0.29, 0.717) is 16.6 Å². The van der Waals surface area contributed by atoms with Gasteiger partial charge in [0.1, 0.15) is 10.8 Å². The van der Waals surface area contributed by atoms with Crippen LogP contribution in [0.1, 0.15) is 18.9 Å². The minimum atomic E-state index is -1.66. The highest BCUT2D eigenvalue weighted by atomic mass is 32.1. The molecule has 2 aromatic rings. The summed E-state index contributed by atoms with van der Waals surface area (Å²) in [7, 11) is 0. The Kier molecular flexibility index (Phi) is 3.53. The van der Waals surface area contributed by atoms with E-state index in [0.717, 1.165) is 11.4 Å². The summed E-state index contributed by atoms with van der Waals surface area (Å²) in [5.74, 6) is -0.659. The second-order valence-electron chi connectivity index (χ2n) is 4.89. The van der Waals surface area contributed by atoms with Gasteiger partial charge in [-0.3, -0.25) is 14.9 Å². The number of anilines is 2. The van der Waals surface area contributed by atoms with E-state index in [-0.39, 0.29) is 0 Å². The zero-order chi connectivity index (χ0) is 15.7. The molecular weight excluding hydrogens is 304 g/mol. The van der Waals surface area contributed by atoms with E-state index < -0.39 is 17.4 Å². The number of hydrogen-bond acceptors (Lipinski definition) is 6. The van der Waals surface area contributed by atoms with Crippen molar-refractivity contribution in [1.29, 1.82) is 0 Å². The predicted molar refractivity (Wildman–Crippen MR) is 82.0 cm³/mol. The molecule has 1 unspecified atom stereocenters. The van der Waals surface area contributed by atoms with Gasteiger partial charge in [-0.25, -0.2) is 0 Å². The standard InChI is InChI=1S/C14H14N4O3S/c1-3-10-17-18-13(22-10)16-12(20)14(2)11(19)15-8-6-4-5-7-9(8)21-14/h4-7H,3H2,1-2H3,(H,15,19)(H,16,18,20). The molecule has 2 heterocycles. The number of hydrogen-bond donors (Lipinski definition) is 2. The highest BCUT2D eigenvalue weighted by Crippen LogP contribution is 2.33. The Labute approximate surface area is 130 Å². The Morgan fingerprint density at radius 3 is 2.91 bits per heavy atom. The summed E-state index contributed by atoms with van der Waals surface area (Å²) < 4.78 is 5.63. The number of amides is 2. The average molecular weight is 318 g/mol. The zero-order valence-electron chi connectivity index (χ0n) is 12.0.